The molecule has 0 radical (unpaired) electrons. The number of methoxy groups -OCH3 is 2. The van der Waals surface area contributed by atoms with Gasteiger partial charge in [0.05, 0.1) is 32.2 Å². The number of nitrogens with one attached hydrogen (secondary N) is 1. The molecular weight excluding hydrogens is 368 g/mol. The van der Waals surface area contributed by atoms with Crippen LogP contribution in [0, 0.1) is 0 Å². The van der Waals surface area contributed by atoms with Crippen LogP contribution >= 0.6 is 0 Å². The van der Waals surface area contributed by atoms with Gasteiger partial charge in [0.25, 0.3) is 0 Å². The lowest BCUT2D eigenvalue weighted by Crippen LogP contribution is -2.04. The molecule has 6 nitrogen and oxygen atoms in total. The van der Waals surface area contributed by atoms with Gasteiger partial charge in [0.2, 0.25) is 0 Å². The molecule has 1 N–H and O–H groups in total. The fourth-order valence-corrected chi connectivity index (χ4v) is 2.89. The lowest BCUT2D eigenvalue weighted by molar-refractivity contribution is -0.138. The van der Waals surface area contributed by atoms with Crippen molar-refractivity contribution in [1.29, 1.82) is 0 Å². The van der Waals surface area contributed by atoms with Crippen molar-refractivity contribution >= 4 is 12.0 Å². The Labute approximate surface area is 170 Å². The highest BCUT2D eigenvalue weighted by molar-refractivity contribution is 5.93. The van der Waals surface area contributed by atoms with Crippen LogP contribution in [-0.2, 0) is 9.53 Å². The van der Waals surface area contributed by atoms with Crippen LogP contribution in [0.3, 0.4) is 0 Å². The summed E-state index contributed by atoms with van der Waals surface area (Å²) in [7, 11) is 3.27. The maximum Gasteiger partial charge on any atom is 0.333 e. The molecule has 29 heavy (non-hydrogen) atoms. The minimum atomic E-state index is -0.360. The van der Waals surface area contributed by atoms with E-state index in [4.69, 9.17) is 19.2 Å². The molecule has 0 unspecified atom stereocenters. The van der Waals surface area contributed by atoms with Crippen molar-refractivity contribution in [3.63, 3.8) is 0 Å². The molecule has 0 aliphatic carbocycles. The Bertz CT molecular complexity index is 937. The summed E-state index contributed by atoms with van der Waals surface area (Å²) in [5.41, 5.74) is 3.99. The van der Waals surface area contributed by atoms with Crippen molar-refractivity contribution in [3.05, 3.63) is 59.9 Å². The number of carbonyl (C=O) groups is 1. The molecule has 3 rings (SSSR count). The number of benzene rings is 2. The van der Waals surface area contributed by atoms with Crippen LogP contribution in [0.25, 0.3) is 28.6 Å². The molecule has 0 fully saturated rings. The van der Waals surface area contributed by atoms with E-state index in [9.17, 15) is 4.79 Å². The maximum atomic E-state index is 12.0. The van der Waals surface area contributed by atoms with Gasteiger partial charge in [0, 0.05) is 16.7 Å². The third-order valence-corrected chi connectivity index (χ3v) is 4.41. The molecule has 0 bridgehead atoms. The predicted molar refractivity (Wildman–Crippen MR) is 113 cm³/mol. The molecule has 0 saturated carbocycles. The van der Waals surface area contributed by atoms with E-state index in [1.165, 1.54) is 0 Å². The number of aromatic amines is 1. The third kappa shape index (κ3) is 4.66. The minimum absolute atomic E-state index is 0.330. The SMILES string of the molecule is CCOC(=O)/C(C)=C\c1nc(-c2ccc(OC)cc2)c(-c2ccc(OC)cc2)[nH]1. The highest BCUT2D eigenvalue weighted by Crippen LogP contribution is 2.32. The number of imidazole rings is 1. The minimum Gasteiger partial charge on any atom is -0.497 e. The van der Waals surface area contributed by atoms with Crippen LogP contribution in [0.15, 0.2) is 54.1 Å². The standard InChI is InChI=1S/C23H24N2O4/c1-5-29-23(26)15(2)14-20-24-21(16-6-10-18(27-3)11-7-16)22(25-20)17-8-12-19(28-4)13-9-17/h6-14H,5H2,1-4H3,(H,24,25)/b15-14-. The summed E-state index contributed by atoms with van der Waals surface area (Å²) in [4.78, 5) is 20.0. The zero-order chi connectivity index (χ0) is 20.8. The van der Waals surface area contributed by atoms with E-state index in [0.717, 1.165) is 34.0 Å². The van der Waals surface area contributed by atoms with E-state index in [2.05, 4.69) is 4.98 Å². The topological polar surface area (TPSA) is 73.4 Å². The van der Waals surface area contributed by atoms with Gasteiger partial charge in [0.15, 0.2) is 0 Å². The van der Waals surface area contributed by atoms with Crippen molar-refractivity contribution in [2.45, 2.75) is 13.8 Å². The summed E-state index contributed by atoms with van der Waals surface area (Å²) in [6.45, 7) is 3.82. The normalized spacial score (nSPS) is 11.2. The fraction of sp³-hybridized carbons (Fsp3) is 0.217. The zero-order valence-corrected chi connectivity index (χ0v) is 17.0. The number of H-pyrrole nitrogens is 1. The predicted octanol–water partition coefficient (Wildman–Crippen LogP) is 4.73. The monoisotopic (exact) mass is 392 g/mol. The number of aromatic nitrogens is 2. The summed E-state index contributed by atoms with van der Waals surface area (Å²) >= 11 is 0. The molecule has 0 saturated heterocycles. The van der Waals surface area contributed by atoms with E-state index in [-0.39, 0.29) is 5.97 Å². The van der Waals surface area contributed by atoms with Crippen molar-refractivity contribution in [2.24, 2.45) is 0 Å². The van der Waals surface area contributed by atoms with Gasteiger partial charge in [-0.1, -0.05) is 0 Å². The Kier molecular flexibility index (Phi) is 6.34. The number of rotatable bonds is 7. The molecule has 0 atom stereocenters. The molecule has 1 heterocycles. The second-order valence-electron chi connectivity index (χ2n) is 6.35. The van der Waals surface area contributed by atoms with Crippen molar-refractivity contribution in [1.82, 2.24) is 9.97 Å². The van der Waals surface area contributed by atoms with E-state index in [0.29, 0.717) is 18.0 Å². The zero-order valence-electron chi connectivity index (χ0n) is 17.0. The van der Waals surface area contributed by atoms with Crippen molar-refractivity contribution in [2.75, 3.05) is 20.8 Å². The average molecular weight is 392 g/mol. The largest absolute Gasteiger partial charge is 0.497 e. The van der Waals surface area contributed by atoms with Gasteiger partial charge in [-0.15, -0.1) is 0 Å². The third-order valence-electron chi connectivity index (χ3n) is 4.41. The molecule has 6 heteroatoms. The van der Waals surface area contributed by atoms with Gasteiger partial charge < -0.3 is 19.2 Å². The molecule has 0 aliphatic heterocycles. The fourth-order valence-electron chi connectivity index (χ4n) is 2.89. The molecule has 3 aromatic rings. The van der Waals surface area contributed by atoms with Gasteiger partial charge in [-0.3, -0.25) is 0 Å². The van der Waals surface area contributed by atoms with E-state index < -0.39 is 0 Å². The quantitative estimate of drug-likeness (QED) is 0.465. The lowest BCUT2D eigenvalue weighted by Gasteiger charge is -2.06. The van der Waals surface area contributed by atoms with Crippen LogP contribution in [0.4, 0.5) is 0 Å². The van der Waals surface area contributed by atoms with E-state index in [1.54, 1.807) is 34.1 Å². The Hall–Kier alpha value is -3.54. The first-order chi connectivity index (χ1) is 14.0. The lowest BCUT2D eigenvalue weighted by atomic mass is 10.0. The summed E-state index contributed by atoms with van der Waals surface area (Å²) in [5, 5.41) is 0. The molecule has 1 aromatic heterocycles. The van der Waals surface area contributed by atoms with Gasteiger partial charge in [-0.25, -0.2) is 9.78 Å². The van der Waals surface area contributed by atoms with E-state index in [1.807, 2.05) is 48.5 Å². The van der Waals surface area contributed by atoms with Gasteiger partial charge in [0.1, 0.15) is 17.3 Å². The van der Waals surface area contributed by atoms with Crippen LogP contribution in [0.2, 0.25) is 0 Å². The van der Waals surface area contributed by atoms with E-state index >= 15 is 0 Å². The highest BCUT2D eigenvalue weighted by Gasteiger charge is 2.15. The van der Waals surface area contributed by atoms with Crippen LogP contribution in [0.1, 0.15) is 19.7 Å². The first-order valence-electron chi connectivity index (χ1n) is 9.30. The van der Waals surface area contributed by atoms with Crippen LogP contribution < -0.4 is 9.47 Å². The molecular formula is C23H24N2O4. The van der Waals surface area contributed by atoms with Gasteiger partial charge >= 0.3 is 5.97 Å². The van der Waals surface area contributed by atoms with Gasteiger partial charge in [-0.2, -0.15) is 0 Å². The average Bonchev–Trinajstić information content (AvgIpc) is 3.17. The summed E-state index contributed by atoms with van der Waals surface area (Å²) in [6, 6.07) is 15.4. The van der Waals surface area contributed by atoms with Crippen LogP contribution in [0.5, 0.6) is 11.5 Å². The highest BCUT2D eigenvalue weighted by atomic mass is 16.5. The Morgan fingerprint density at radius 3 is 2.03 bits per heavy atom. The number of hydrogen-bond acceptors (Lipinski definition) is 5. The number of hydrogen-bond donors (Lipinski definition) is 1. The second kappa shape index (κ2) is 9.10. The van der Waals surface area contributed by atoms with Crippen LogP contribution in [-0.4, -0.2) is 36.8 Å². The summed E-state index contributed by atoms with van der Waals surface area (Å²) in [6.07, 6.45) is 1.69. The van der Waals surface area contributed by atoms with Gasteiger partial charge in [-0.05, 0) is 68.5 Å². The summed E-state index contributed by atoms with van der Waals surface area (Å²) < 4.78 is 15.6. The molecule has 0 amide bonds. The Morgan fingerprint density at radius 1 is 0.966 bits per heavy atom. The molecule has 150 valence electrons. The maximum absolute atomic E-state index is 12.0. The van der Waals surface area contributed by atoms with Crippen molar-refractivity contribution < 1.29 is 19.0 Å². The molecule has 0 aliphatic rings. The Morgan fingerprint density at radius 2 is 1.52 bits per heavy atom. The number of esters is 1. The first kappa shape index (κ1) is 20.2. The number of carbonyl (C=O) groups excluding carboxylic acids is 1. The molecule has 0 spiro atoms. The number of ether oxygens (including phenoxy) is 3. The number of nitrogens with zero attached hydrogens (tertiary/aromatic N) is 1. The van der Waals surface area contributed by atoms with Crippen molar-refractivity contribution in [3.8, 4) is 34.0 Å². The Balaban J connectivity index is 2.07. The second-order valence-corrected chi connectivity index (χ2v) is 6.35. The smallest absolute Gasteiger partial charge is 0.333 e. The summed E-state index contributed by atoms with van der Waals surface area (Å²) in [5.74, 6) is 1.76. The molecule has 2 aromatic carbocycles. The first-order valence-corrected chi connectivity index (χ1v) is 9.30.